The molecule has 0 saturated carbocycles. The van der Waals surface area contributed by atoms with Gasteiger partial charge in [-0.25, -0.2) is 0 Å². The van der Waals surface area contributed by atoms with Crippen LogP contribution in [0.1, 0.15) is 30.1 Å². The molecular formula is C12H15BrN2O3. The van der Waals surface area contributed by atoms with Crippen LogP contribution >= 0.6 is 15.9 Å². The molecule has 98 valence electrons. The molecule has 5 nitrogen and oxygen atoms in total. The van der Waals surface area contributed by atoms with Gasteiger partial charge in [0.25, 0.3) is 5.91 Å². The molecule has 0 bridgehead atoms. The second kappa shape index (κ2) is 6.39. The van der Waals surface area contributed by atoms with E-state index in [0.29, 0.717) is 22.1 Å². The number of nitrogens with two attached hydrogens (primary N) is 1. The van der Waals surface area contributed by atoms with Crippen molar-refractivity contribution in [3.05, 3.63) is 28.2 Å². The van der Waals surface area contributed by atoms with Crippen LogP contribution in [0, 0.1) is 0 Å². The topological polar surface area (TPSA) is 92.4 Å². The molecule has 0 aliphatic heterocycles. The fraction of sp³-hybridized carbons (Fsp3) is 0.333. The number of anilines is 1. The van der Waals surface area contributed by atoms with Gasteiger partial charge >= 0.3 is 5.97 Å². The van der Waals surface area contributed by atoms with Crippen LogP contribution in [0.15, 0.2) is 22.7 Å². The van der Waals surface area contributed by atoms with Gasteiger partial charge in [0.15, 0.2) is 0 Å². The Hall–Kier alpha value is -1.56. The van der Waals surface area contributed by atoms with Crippen LogP contribution in [0.4, 0.5) is 5.69 Å². The lowest BCUT2D eigenvalue weighted by Gasteiger charge is -2.13. The van der Waals surface area contributed by atoms with E-state index >= 15 is 0 Å². The number of rotatable bonds is 5. The van der Waals surface area contributed by atoms with Gasteiger partial charge in [-0.2, -0.15) is 0 Å². The highest BCUT2D eigenvalue weighted by atomic mass is 79.9. The van der Waals surface area contributed by atoms with Gasteiger partial charge < -0.3 is 16.2 Å². The monoisotopic (exact) mass is 314 g/mol. The lowest BCUT2D eigenvalue weighted by molar-refractivity contribution is -0.137. The van der Waals surface area contributed by atoms with Crippen LogP contribution in [-0.2, 0) is 4.79 Å². The molecule has 0 heterocycles. The second-order valence-electron chi connectivity index (χ2n) is 4.04. The van der Waals surface area contributed by atoms with E-state index in [0.717, 1.165) is 0 Å². The zero-order chi connectivity index (χ0) is 13.7. The summed E-state index contributed by atoms with van der Waals surface area (Å²) < 4.78 is 0.660. The Morgan fingerprint density at radius 3 is 2.72 bits per heavy atom. The van der Waals surface area contributed by atoms with E-state index in [4.69, 9.17) is 10.8 Å². The van der Waals surface area contributed by atoms with Crippen molar-refractivity contribution in [3.63, 3.8) is 0 Å². The van der Waals surface area contributed by atoms with Gasteiger partial charge in [0.1, 0.15) is 0 Å². The van der Waals surface area contributed by atoms with Crippen LogP contribution in [0.25, 0.3) is 0 Å². The van der Waals surface area contributed by atoms with Crippen molar-refractivity contribution in [3.8, 4) is 0 Å². The van der Waals surface area contributed by atoms with Crippen LogP contribution in [0.3, 0.4) is 0 Å². The smallest absolute Gasteiger partial charge is 0.303 e. The molecule has 0 aromatic heterocycles. The van der Waals surface area contributed by atoms with Crippen LogP contribution in [-0.4, -0.2) is 23.0 Å². The van der Waals surface area contributed by atoms with Crippen molar-refractivity contribution in [1.82, 2.24) is 5.32 Å². The lowest BCUT2D eigenvalue weighted by atomic mass is 10.1. The number of carbonyl (C=O) groups excluding carboxylic acids is 1. The third kappa shape index (κ3) is 4.37. The molecule has 0 aliphatic rings. The van der Waals surface area contributed by atoms with Crippen molar-refractivity contribution < 1.29 is 14.7 Å². The maximum Gasteiger partial charge on any atom is 0.303 e. The predicted molar refractivity (Wildman–Crippen MR) is 72.4 cm³/mol. The first-order valence-corrected chi connectivity index (χ1v) is 6.27. The standard InChI is InChI=1S/C12H15BrN2O3/c1-7(2-5-11(16)17)15-12(18)8-3-4-10(14)9(13)6-8/h3-4,6-7H,2,5,14H2,1H3,(H,15,18)(H,16,17). The van der Waals surface area contributed by atoms with Crippen LogP contribution < -0.4 is 11.1 Å². The summed E-state index contributed by atoms with van der Waals surface area (Å²) in [5.74, 6) is -1.11. The number of carboxylic acid groups (broad SMARTS) is 1. The quantitative estimate of drug-likeness (QED) is 0.725. The first-order valence-electron chi connectivity index (χ1n) is 5.48. The van der Waals surface area contributed by atoms with Crippen molar-refractivity contribution in [1.29, 1.82) is 0 Å². The molecule has 6 heteroatoms. The highest BCUT2D eigenvalue weighted by Gasteiger charge is 2.11. The van der Waals surface area contributed by atoms with E-state index < -0.39 is 5.97 Å². The molecule has 1 atom stereocenters. The minimum Gasteiger partial charge on any atom is -0.481 e. The largest absolute Gasteiger partial charge is 0.481 e. The summed E-state index contributed by atoms with van der Waals surface area (Å²) >= 11 is 3.25. The number of hydrogen-bond acceptors (Lipinski definition) is 3. The van der Waals surface area contributed by atoms with E-state index in [1.54, 1.807) is 25.1 Å². The normalized spacial score (nSPS) is 11.9. The molecule has 0 aliphatic carbocycles. The zero-order valence-electron chi connectivity index (χ0n) is 9.94. The summed E-state index contributed by atoms with van der Waals surface area (Å²) in [6.07, 6.45) is 0.435. The summed E-state index contributed by atoms with van der Waals surface area (Å²) in [5.41, 5.74) is 6.67. The minimum atomic E-state index is -0.869. The Morgan fingerprint density at radius 2 is 2.17 bits per heavy atom. The molecule has 1 unspecified atom stereocenters. The molecule has 0 radical (unpaired) electrons. The first-order chi connectivity index (χ1) is 8.40. The van der Waals surface area contributed by atoms with Gasteiger partial charge in [-0.3, -0.25) is 9.59 Å². The van der Waals surface area contributed by atoms with Gasteiger partial charge in [-0.1, -0.05) is 0 Å². The van der Waals surface area contributed by atoms with E-state index in [1.807, 2.05) is 0 Å². The second-order valence-corrected chi connectivity index (χ2v) is 4.90. The number of nitrogen functional groups attached to an aromatic ring is 1. The molecule has 18 heavy (non-hydrogen) atoms. The summed E-state index contributed by atoms with van der Waals surface area (Å²) in [7, 11) is 0. The van der Waals surface area contributed by atoms with E-state index in [9.17, 15) is 9.59 Å². The molecule has 4 N–H and O–H groups in total. The van der Waals surface area contributed by atoms with Gasteiger partial charge in [0, 0.05) is 28.2 Å². The number of carbonyl (C=O) groups is 2. The number of carboxylic acids is 1. The summed E-state index contributed by atoms with van der Waals surface area (Å²) in [4.78, 5) is 22.3. The number of hydrogen-bond donors (Lipinski definition) is 3. The highest BCUT2D eigenvalue weighted by Crippen LogP contribution is 2.20. The molecule has 1 aromatic carbocycles. The fourth-order valence-electron chi connectivity index (χ4n) is 1.39. The highest BCUT2D eigenvalue weighted by molar-refractivity contribution is 9.10. The average molecular weight is 315 g/mol. The number of halogens is 1. The third-order valence-electron chi connectivity index (χ3n) is 2.43. The van der Waals surface area contributed by atoms with Crippen molar-refractivity contribution in [2.24, 2.45) is 0 Å². The van der Waals surface area contributed by atoms with Crippen molar-refractivity contribution in [2.75, 3.05) is 5.73 Å². The van der Waals surface area contributed by atoms with Crippen molar-refractivity contribution >= 4 is 33.5 Å². The number of benzene rings is 1. The van der Waals surface area contributed by atoms with Gasteiger partial charge in [0.2, 0.25) is 0 Å². The maximum absolute atomic E-state index is 11.8. The maximum atomic E-state index is 11.8. The Bertz CT molecular complexity index is 463. The number of amides is 1. The summed E-state index contributed by atoms with van der Waals surface area (Å²) in [6.45, 7) is 1.77. The molecule has 0 spiro atoms. The van der Waals surface area contributed by atoms with Crippen LogP contribution in [0.5, 0.6) is 0 Å². The SMILES string of the molecule is CC(CCC(=O)O)NC(=O)c1ccc(N)c(Br)c1. The Balaban J connectivity index is 2.59. The molecule has 1 rings (SSSR count). The first kappa shape index (κ1) is 14.5. The molecule has 1 aromatic rings. The van der Waals surface area contributed by atoms with E-state index in [2.05, 4.69) is 21.2 Å². The third-order valence-corrected chi connectivity index (χ3v) is 3.12. The van der Waals surface area contributed by atoms with Gasteiger partial charge in [-0.15, -0.1) is 0 Å². The van der Waals surface area contributed by atoms with E-state index in [-0.39, 0.29) is 18.4 Å². The lowest BCUT2D eigenvalue weighted by Crippen LogP contribution is -2.32. The van der Waals surface area contributed by atoms with Crippen molar-refractivity contribution in [2.45, 2.75) is 25.8 Å². The molecule has 1 amide bonds. The summed E-state index contributed by atoms with van der Waals surface area (Å²) in [5, 5.41) is 11.3. The minimum absolute atomic E-state index is 0.0346. The van der Waals surface area contributed by atoms with Gasteiger partial charge in [0.05, 0.1) is 0 Å². The van der Waals surface area contributed by atoms with E-state index in [1.165, 1.54) is 0 Å². The fourth-order valence-corrected chi connectivity index (χ4v) is 1.77. The van der Waals surface area contributed by atoms with Crippen LogP contribution in [0.2, 0.25) is 0 Å². The predicted octanol–water partition coefficient (Wildman–Crippen LogP) is 2.01. The Labute approximate surface area is 113 Å². The zero-order valence-corrected chi connectivity index (χ0v) is 11.5. The average Bonchev–Trinajstić information content (AvgIpc) is 2.30. The molecule has 0 fully saturated rings. The molecule has 0 saturated heterocycles. The Morgan fingerprint density at radius 1 is 1.50 bits per heavy atom. The van der Waals surface area contributed by atoms with Gasteiger partial charge in [-0.05, 0) is 47.5 Å². The Kier molecular flexibility index (Phi) is 5.15. The molecular weight excluding hydrogens is 300 g/mol. The number of aliphatic carboxylic acids is 1. The number of nitrogens with one attached hydrogen (secondary N) is 1. The summed E-state index contributed by atoms with van der Waals surface area (Å²) in [6, 6.07) is 4.71.